The number of benzene rings is 1. The summed E-state index contributed by atoms with van der Waals surface area (Å²) in [5.74, 6) is 0.374. The molecule has 1 amide bonds. The Morgan fingerprint density at radius 1 is 1.28 bits per heavy atom. The molecule has 1 aromatic carbocycles. The molecular weight excluding hydrogens is 226 g/mol. The highest BCUT2D eigenvalue weighted by Gasteiger charge is 2.21. The summed E-state index contributed by atoms with van der Waals surface area (Å²) in [7, 11) is 0. The third kappa shape index (κ3) is 4.88. The Kier molecular flexibility index (Phi) is 6.44. The Morgan fingerprint density at radius 3 is 2.50 bits per heavy atom. The lowest BCUT2D eigenvalue weighted by atomic mass is 9.89. The van der Waals surface area contributed by atoms with Crippen molar-refractivity contribution in [2.75, 3.05) is 13.2 Å². The third-order valence-electron chi connectivity index (χ3n) is 3.14. The molecule has 0 aromatic heterocycles. The van der Waals surface area contributed by atoms with E-state index in [0.717, 1.165) is 12.8 Å². The first-order chi connectivity index (χ1) is 8.65. The van der Waals surface area contributed by atoms with Gasteiger partial charge >= 0.3 is 0 Å². The largest absolute Gasteiger partial charge is 0.395 e. The normalized spacial score (nSPS) is 12.4. The van der Waals surface area contributed by atoms with Gasteiger partial charge in [0.05, 0.1) is 6.61 Å². The topological polar surface area (TPSA) is 49.3 Å². The van der Waals surface area contributed by atoms with Crippen LogP contribution in [0.1, 0.15) is 25.8 Å². The predicted octanol–water partition coefficient (Wildman–Crippen LogP) is 2.00. The Bertz CT molecular complexity index is 349. The zero-order valence-corrected chi connectivity index (χ0v) is 11.2. The van der Waals surface area contributed by atoms with Crippen molar-refractivity contribution in [2.24, 2.45) is 11.8 Å². The lowest BCUT2D eigenvalue weighted by molar-refractivity contribution is -0.126. The highest BCUT2D eigenvalue weighted by atomic mass is 16.3. The minimum Gasteiger partial charge on any atom is -0.395 e. The van der Waals surface area contributed by atoms with Gasteiger partial charge in [0.1, 0.15) is 0 Å². The average molecular weight is 249 g/mol. The fourth-order valence-electron chi connectivity index (χ4n) is 2.04. The van der Waals surface area contributed by atoms with Gasteiger partial charge in [0.15, 0.2) is 0 Å². The van der Waals surface area contributed by atoms with E-state index in [1.165, 1.54) is 5.56 Å². The van der Waals surface area contributed by atoms with Crippen molar-refractivity contribution in [2.45, 2.75) is 26.7 Å². The molecule has 0 radical (unpaired) electrons. The molecule has 0 spiro atoms. The molecule has 0 aliphatic rings. The fraction of sp³-hybridized carbons (Fsp3) is 0.533. The van der Waals surface area contributed by atoms with Gasteiger partial charge in [-0.1, -0.05) is 44.2 Å². The van der Waals surface area contributed by atoms with Crippen LogP contribution in [0.5, 0.6) is 0 Å². The van der Waals surface area contributed by atoms with Crippen molar-refractivity contribution in [3.63, 3.8) is 0 Å². The number of aliphatic hydroxyl groups excluding tert-OH is 1. The number of hydrogen-bond acceptors (Lipinski definition) is 2. The smallest absolute Gasteiger partial charge is 0.223 e. The van der Waals surface area contributed by atoms with E-state index in [1.807, 2.05) is 18.2 Å². The second kappa shape index (κ2) is 7.88. The standard InChI is InChI=1S/C15H23NO2/c1-12(2)14(15(18)16-10-11-17)9-8-13-6-4-3-5-7-13/h3-7,12,14,17H,8-11H2,1-2H3,(H,16,18). The zero-order chi connectivity index (χ0) is 13.4. The zero-order valence-electron chi connectivity index (χ0n) is 11.2. The van der Waals surface area contributed by atoms with Crippen LogP contribution >= 0.6 is 0 Å². The number of aryl methyl sites for hydroxylation is 1. The van der Waals surface area contributed by atoms with Crippen LogP contribution in [-0.2, 0) is 11.2 Å². The van der Waals surface area contributed by atoms with E-state index in [-0.39, 0.29) is 18.4 Å². The maximum absolute atomic E-state index is 11.9. The van der Waals surface area contributed by atoms with Crippen LogP contribution < -0.4 is 5.32 Å². The van der Waals surface area contributed by atoms with Crippen LogP contribution in [0.25, 0.3) is 0 Å². The fourth-order valence-corrected chi connectivity index (χ4v) is 2.04. The Morgan fingerprint density at radius 2 is 1.94 bits per heavy atom. The highest BCUT2D eigenvalue weighted by Crippen LogP contribution is 2.18. The number of rotatable bonds is 7. The van der Waals surface area contributed by atoms with Gasteiger partial charge < -0.3 is 10.4 Å². The maximum Gasteiger partial charge on any atom is 0.223 e. The molecule has 0 saturated carbocycles. The first-order valence-electron chi connectivity index (χ1n) is 6.57. The molecule has 0 aliphatic carbocycles. The SMILES string of the molecule is CC(C)C(CCc1ccccc1)C(=O)NCCO. The van der Waals surface area contributed by atoms with Crippen molar-refractivity contribution >= 4 is 5.91 Å². The van der Waals surface area contributed by atoms with Crippen molar-refractivity contribution in [3.8, 4) is 0 Å². The summed E-state index contributed by atoms with van der Waals surface area (Å²) in [6, 6.07) is 10.2. The highest BCUT2D eigenvalue weighted by molar-refractivity contribution is 5.78. The van der Waals surface area contributed by atoms with Crippen LogP contribution in [0.15, 0.2) is 30.3 Å². The molecular formula is C15H23NO2. The van der Waals surface area contributed by atoms with E-state index in [4.69, 9.17) is 5.11 Å². The van der Waals surface area contributed by atoms with E-state index in [1.54, 1.807) is 0 Å². The second-order valence-corrected chi connectivity index (χ2v) is 4.89. The van der Waals surface area contributed by atoms with Gasteiger partial charge in [-0.05, 0) is 24.3 Å². The summed E-state index contributed by atoms with van der Waals surface area (Å²) < 4.78 is 0. The summed E-state index contributed by atoms with van der Waals surface area (Å²) >= 11 is 0. The number of amides is 1. The molecule has 1 aromatic rings. The van der Waals surface area contributed by atoms with Gasteiger partial charge in [-0.2, -0.15) is 0 Å². The van der Waals surface area contributed by atoms with Crippen LogP contribution in [0.4, 0.5) is 0 Å². The van der Waals surface area contributed by atoms with Gasteiger partial charge in [0.25, 0.3) is 0 Å². The molecule has 0 aliphatic heterocycles. The predicted molar refractivity (Wildman–Crippen MR) is 73.2 cm³/mol. The quantitative estimate of drug-likeness (QED) is 0.776. The summed E-state index contributed by atoms with van der Waals surface area (Å²) in [6.45, 7) is 4.46. The van der Waals surface area contributed by atoms with Gasteiger partial charge in [-0.15, -0.1) is 0 Å². The summed E-state index contributed by atoms with van der Waals surface area (Å²) in [5, 5.41) is 11.5. The molecule has 1 unspecified atom stereocenters. The maximum atomic E-state index is 11.9. The first kappa shape index (κ1) is 14.7. The Hall–Kier alpha value is -1.35. The average Bonchev–Trinajstić information content (AvgIpc) is 2.37. The van der Waals surface area contributed by atoms with Crippen LogP contribution in [0.2, 0.25) is 0 Å². The summed E-state index contributed by atoms with van der Waals surface area (Å²) in [6.07, 6.45) is 1.76. The van der Waals surface area contributed by atoms with Crippen molar-refractivity contribution in [3.05, 3.63) is 35.9 Å². The molecule has 100 valence electrons. The molecule has 0 bridgehead atoms. The first-order valence-corrected chi connectivity index (χ1v) is 6.57. The van der Waals surface area contributed by atoms with E-state index in [2.05, 4.69) is 31.3 Å². The summed E-state index contributed by atoms with van der Waals surface area (Å²) in [5.41, 5.74) is 1.26. The Balaban J connectivity index is 2.50. The van der Waals surface area contributed by atoms with E-state index in [9.17, 15) is 4.79 Å². The molecule has 3 heteroatoms. The Labute approximate surface area is 109 Å². The molecule has 18 heavy (non-hydrogen) atoms. The number of carbonyl (C=O) groups is 1. The van der Waals surface area contributed by atoms with Gasteiger partial charge in [0.2, 0.25) is 5.91 Å². The molecule has 3 nitrogen and oxygen atoms in total. The lowest BCUT2D eigenvalue weighted by Gasteiger charge is -2.20. The minimum absolute atomic E-state index is 0.00472. The van der Waals surface area contributed by atoms with Crippen molar-refractivity contribution in [1.82, 2.24) is 5.32 Å². The minimum atomic E-state index is -0.00472. The molecule has 0 heterocycles. The molecule has 2 N–H and O–H groups in total. The van der Waals surface area contributed by atoms with Crippen molar-refractivity contribution in [1.29, 1.82) is 0 Å². The lowest BCUT2D eigenvalue weighted by Crippen LogP contribution is -2.35. The number of nitrogens with one attached hydrogen (secondary N) is 1. The van der Waals surface area contributed by atoms with E-state index in [0.29, 0.717) is 12.5 Å². The molecule has 1 rings (SSSR count). The van der Waals surface area contributed by atoms with Gasteiger partial charge in [-0.25, -0.2) is 0 Å². The van der Waals surface area contributed by atoms with E-state index >= 15 is 0 Å². The number of aliphatic hydroxyl groups is 1. The van der Waals surface area contributed by atoms with Crippen LogP contribution in [0.3, 0.4) is 0 Å². The van der Waals surface area contributed by atoms with Crippen LogP contribution in [-0.4, -0.2) is 24.2 Å². The van der Waals surface area contributed by atoms with Crippen LogP contribution in [0, 0.1) is 11.8 Å². The number of carbonyl (C=O) groups excluding carboxylic acids is 1. The monoisotopic (exact) mass is 249 g/mol. The van der Waals surface area contributed by atoms with Crippen molar-refractivity contribution < 1.29 is 9.90 Å². The van der Waals surface area contributed by atoms with Gasteiger partial charge in [0, 0.05) is 12.5 Å². The molecule has 0 fully saturated rings. The van der Waals surface area contributed by atoms with E-state index < -0.39 is 0 Å². The second-order valence-electron chi connectivity index (χ2n) is 4.89. The molecule has 0 saturated heterocycles. The third-order valence-corrected chi connectivity index (χ3v) is 3.14. The molecule has 1 atom stereocenters. The van der Waals surface area contributed by atoms with Gasteiger partial charge in [-0.3, -0.25) is 4.79 Å². The summed E-state index contributed by atoms with van der Waals surface area (Å²) in [4.78, 5) is 11.9. The number of hydrogen-bond donors (Lipinski definition) is 2.